The van der Waals surface area contributed by atoms with E-state index in [4.69, 9.17) is 4.74 Å². The number of anilines is 1. The molecule has 5 nitrogen and oxygen atoms in total. The predicted molar refractivity (Wildman–Crippen MR) is 108 cm³/mol. The van der Waals surface area contributed by atoms with Crippen molar-refractivity contribution in [3.8, 4) is 5.75 Å². The molecule has 2 aliphatic rings. The Labute approximate surface area is 171 Å². The number of ether oxygens (including phenoxy) is 1. The summed E-state index contributed by atoms with van der Waals surface area (Å²) in [5, 5.41) is 3.22. The Kier molecular flexibility index (Phi) is 5.01. The molecule has 1 fully saturated rings. The summed E-state index contributed by atoms with van der Waals surface area (Å²) in [5.41, 5.74) is 1.80. The van der Waals surface area contributed by atoms with Crippen molar-refractivity contribution in [3.05, 3.63) is 70.9 Å². The molecule has 2 heterocycles. The molecule has 2 aliphatic heterocycles. The molecule has 2 aromatic carbocycles. The van der Waals surface area contributed by atoms with Crippen LogP contribution in [0.4, 0.5) is 18.9 Å². The molecule has 8 heteroatoms. The number of nitrogens with one attached hydrogen (secondary N) is 1. The Morgan fingerprint density at radius 1 is 1.17 bits per heavy atom. The van der Waals surface area contributed by atoms with Crippen molar-refractivity contribution in [2.24, 2.45) is 4.99 Å². The monoisotopic (exact) mass is 415 g/mol. The van der Waals surface area contributed by atoms with Crippen LogP contribution in [0.2, 0.25) is 0 Å². The minimum Gasteiger partial charge on any atom is -0.497 e. The average molecular weight is 415 g/mol. The van der Waals surface area contributed by atoms with Crippen LogP contribution in [0.3, 0.4) is 0 Å². The zero-order chi connectivity index (χ0) is 21.5. The molecule has 0 radical (unpaired) electrons. The SMILES string of the molecule is COc1ccc(N2C(=O)C3=NCCNC(C)=C3C2c2cccc(C(F)(F)F)c2)cc1. The van der Waals surface area contributed by atoms with E-state index < -0.39 is 17.8 Å². The van der Waals surface area contributed by atoms with Crippen molar-refractivity contribution in [3.63, 3.8) is 0 Å². The summed E-state index contributed by atoms with van der Waals surface area (Å²) >= 11 is 0. The molecule has 0 aromatic heterocycles. The summed E-state index contributed by atoms with van der Waals surface area (Å²) in [6.07, 6.45) is -4.48. The summed E-state index contributed by atoms with van der Waals surface area (Å²) in [5.74, 6) is 0.283. The van der Waals surface area contributed by atoms with Gasteiger partial charge in [0.05, 0.1) is 25.3 Å². The first-order chi connectivity index (χ1) is 14.3. The van der Waals surface area contributed by atoms with Gasteiger partial charge in [0, 0.05) is 23.5 Å². The number of carbonyl (C=O) groups is 1. The van der Waals surface area contributed by atoms with Gasteiger partial charge in [-0.25, -0.2) is 0 Å². The Balaban J connectivity index is 1.91. The number of nitrogens with zero attached hydrogens (tertiary/aromatic N) is 2. The molecule has 1 unspecified atom stereocenters. The fourth-order valence-corrected chi connectivity index (χ4v) is 3.86. The van der Waals surface area contributed by atoms with Crippen LogP contribution in [0.25, 0.3) is 0 Å². The first-order valence-electron chi connectivity index (χ1n) is 9.45. The van der Waals surface area contributed by atoms with Crippen molar-refractivity contribution in [2.45, 2.75) is 19.1 Å². The Morgan fingerprint density at radius 2 is 1.90 bits per heavy atom. The number of hydrogen-bond donors (Lipinski definition) is 1. The van der Waals surface area contributed by atoms with E-state index in [2.05, 4.69) is 10.3 Å². The standard InChI is InChI=1S/C22H20F3N3O2/c1-13-18-19(27-11-10-26-13)21(29)28(16-6-8-17(30-2)9-7-16)20(18)14-4-3-5-15(12-14)22(23,24)25/h3-9,12,20,26H,10-11H2,1-2H3. The highest BCUT2D eigenvalue weighted by molar-refractivity contribution is 6.53. The minimum absolute atomic E-state index is 0.288. The lowest BCUT2D eigenvalue weighted by Crippen LogP contribution is -2.30. The van der Waals surface area contributed by atoms with Gasteiger partial charge in [-0.05, 0) is 48.9 Å². The number of rotatable bonds is 3. The van der Waals surface area contributed by atoms with E-state index in [1.54, 1.807) is 30.3 Å². The molecular formula is C22H20F3N3O2. The Morgan fingerprint density at radius 3 is 2.57 bits per heavy atom. The number of halogens is 3. The van der Waals surface area contributed by atoms with E-state index in [0.29, 0.717) is 35.7 Å². The van der Waals surface area contributed by atoms with Gasteiger partial charge < -0.3 is 10.1 Å². The number of fused-ring (bicyclic) bond motifs is 1. The molecule has 0 aliphatic carbocycles. The van der Waals surface area contributed by atoms with Crippen LogP contribution in [0.15, 0.2) is 64.8 Å². The van der Waals surface area contributed by atoms with E-state index in [1.165, 1.54) is 18.1 Å². The van der Waals surface area contributed by atoms with Crippen LogP contribution in [-0.2, 0) is 11.0 Å². The third-order valence-corrected chi connectivity index (χ3v) is 5.26. The molecule has 0 saturated carbocycles. The first-order valence-corrected chi connectivity index (χ1v) is 9.45. The number of aliphatic imine (C=N–C) groups is 1. The average Bonchev–Trinajstić information content (AvgIpc) is 2.88. The minimum atomic E-state index is -4.48. The van der Waals surface area contributed by atoms with Gasteiger partial charge in [-0.3, -0.25) is 14.7 Å². The number of amides is 1. The van der Waals surface area contributed by atoms with Crippen LogP contribution in [-0.4, -0.2) is 31.8 Å². The number of carbonyl (C=O) groups excluding carboxylic acids is 1. The molecule has 4 rings (SSSR count). The summed E-state index contributed by atoms with van der Waals surface area (Å²) in [4.78, 5) is 19.3. The molecule has 1 N–H and O–H groups in total. The van der Waals surface area contributed by atoms with Gasteiger partial charge in [-0.2, -0.15) is 13.2 Å². The molecule has 2 aromatic rings. The normalized spacial score (nSPS) is 19.2. The number of allylic oxidation sites excluding steroid dienone is 1. The highest BCUT2D eigenvalue weighted by Crippen LogP contribution is 2.43. The van der Waals surface area contributed by atoms with E-state index in [0.717, 1.165) is 17.8 Å². The van der Waals surface area contributed by atoms with Crippen LogP contribution in [0.1, 0.15) is 24.1 Å². The number of methoxy groups -OCH3 is 1. The number of hydrogen-bond acceptors (Lipinski definition) is 4. The van der Waals surface area contributed by atoms with Crippen molar-refractivity contribution in [2.75, 3.05) is 25.1 Å². The van der Waals surface area contributed by atoms with Crippen molar-refractivity contribution < 1.29 is 22.7 Å². The van der Waals surface area contributed by atoms with Crippen LogP contribution < -0.4 is 15.0 Å². The van der Waals surface area contributed by atoms with Gasteiger partial charge in [0.2, 0.25) is 0 Å². The Hall–Kier alpha value is -3.29. The highest BCUT2D eigenvalue weighted by atomic mass is 19.4. The molecular weight excluding hydrogens is 395 g/mol. The zero-order valence-corrected chi connectivity index (χ0v) is 16.5. The number of benzene rings is 2. The first kappa shape index (κ1) is 20.0. The fourth-order valence-electron chi connectivity index (χ4n) is 3.86. The lowest BCUT2D eigenvalue weighted by molar-refractivity contribution is -0.137. The van der Waals surface area contributed by atoms with Gasteiger partial charge in [-0.1, -0.05) is 12.1 Å². The topological polar surface area (TPSA) is 53.9 Å². The van der Waals surface area contributed by atoms with Gasteiger partial charge >= 0.3 is 6.18 Å². The third-order valence-electron chi connectivity index (χ3n) is 5.26. The smallest absolute Gasteiger partial charge is 0.416 e. The largest absolute Gasteiger partial charge is 0.497 e. The van der Waals surface area contributed by atoms with E-state index >= 15 is 0 Å². The Bertz CT molecular complexity index is 1040. The quantitative estimate of drug-likeness (QED) is 0.821. The van der Waals surface area contributed by atoms with Crippen molar-refractivity contribution >= 4 is 17.3 Å². The molecule has 0 bridgehead atoms. The molecule has 1 amide bonds. The molecule has 30 heavy (non-hydrogen) atoms. The zero-order valence-electron chi connectivity index (χ0n) is 16.5. The summed E-state index contributed by atoms with van der Waals surface area (Å²) in [6, 6.07) is 11.2. The summed E-state index contributed by atoms with van der Waals surface area (Å²) in [6.45, 7) is 2.79. The summed E-state index contributed by atoms with van der Waals surface area (Å²) < 4.78 is 45.3. The highest BCUT2D eigenvalue weighted by Gasteiger charge is 2.45. The van der Waals surface area contributed by atoms with Crippen LogP contribution in [0.5, 0.6) is 5.75 Å². The van der Waals surface area contributed by atoms with Gasteiger partial charge in [0.1, 0.15) is 11.5 Å². The van der Waals surface area contributed by atoms with Gasteiger partial charge in [0.25, 0.3) is 5.91 Å². The van der Waals surface area contributed by atoms with Gasteiger partial charge in [0.15, 0.2) is 0 Å². The van der Waals surface area contributed by atoms with Crippen LogP contribution >= 0.6 is 0 Å². The lowest BCUT2D eigenvalue weighted by atomic mass is 9.95. The molecule has 156 valence electrons. The predicted octanol–water partition coefficient (Wildman–Crippen LogP) is 4.12. The van der Waals surface area contributed by atoms with E-state index in [-0.39, 0.29) is 11.6 Å². The van der Waals surface area contributed by atoms with Crippen molar-refractivity contribution in [1.82, 2.24) is 5.32 Å². The van der Waals surface area contributed by atoms with E-state index in [1.807, 2.05) is 6.92 Å². The van der Waals surface area contributed by atoms with Crippen LogP contribution in [0, 0.1) is 0 Å². The molecule has 1 saturated heterocycles. The molecule has 0 spiro atoms. The third kappa shape index (κ3) is 3.42. The van der Waals surface area contributed by atoms with Gasteiger partial charge in [-0.15, -0.1) is 0 Å². The summed E-state index contributed by atoms with van der Waals surface area (Å²) in [7, 11) is 1.54. The lowest BCUT2D eigenvalue weighted by Gasteiger charge is -2.27. The molecule has 1 atom stereocenters. The maximum atomic E-state index is 13.4. The second-order valence-electron chi connectivity index (χ2n) is 7.09. The number of alkyl halides is 3. The fraction of sp³-hybridized carbons (Fsp3) is 0.273. The maximum Gasteiger partial charge on any atom is 0.416 e. The second kappa shape index (κ2) is 7.51. The van der Waals surface area contributed by atoms with Crippen molar-refractivity contribution in [1.29, 1.82) is 0 Å². The van der Waals surface area contributed by atoms with E-state index in [9.17, 15) is 18.0 Å². The second-order valence-corrected chi connectivity index (χ2v) is 7.09. The maximum absolute atomic E-state index is 13.4.